The highest BCUT2D eigenvalue weighted by Gasteiger charge is 2.34. The lowest BCUT2D eigenvalue weighted by atomic mass is 10.1. The second-order valence-electron chi connectivity index (χ2n) is 7.10. The number of aliphatic imine (C=N–C) groups is 1. The van der Waals surface area contributed by atoms with Gasteiger partial charge in [0.2, 0.25) is 0 Å². The van der Waals surface area contributed by atoms with Crippen LogP contribution < -0.4 is 9.64 Å². The first-order valence-electron chi connectivity index (χ1n) is 10.2. The normalized spacial score (nSPS) is 14.9. The van der Waals surface area contributed by atoms with Gasteiger partial charge in [-0.25, -0.2) is 14.9 Å². The van der Waals surface area contributed by atoms with Gasteiger partial charge in [0.25, 0.3) is 5.91 Å². The van der Waals surface area contributed by atoms with Gasteiger partial charge in [-0.05, 0) is 42.8 Å². The minimum atomic E-state index is -0.256. The summed E-state index contributed by atoms with van der Waals surface area (Å²) in [7, 11) is 0. The van der Waals surface area contributed by atoms with E-state index in [1.807, 2.05) is 61.5 Å². The number of carbonyl (C=O) groups excluding carboxylic acids is 1. The molecule has 0 bridgehead atoms. The van der Waals surface area contributed by atoms with E-state index in [2.05, 4.69) is 9.98 Å². The summed E-state index contributed by atoms with van der Waals surface area (Å²) >= 11 is 1.45. The van der Waals surface area contributed by atoms with Gasteiger partial charge in [-0.3, -0.25) is 4.79 Å². The summed E-state index contributed by atoms with van der Waals surface area (Å²) in [5.74, 6) is 0.692. The average molecular weight is 442 g/mol. The molecule has 0 radical (unpaired) electrons. The van der Waals surface area contributed by atoms with E-state index in [0.717, 1.165) is 15.8 Å². The lowest BCUT2D eigenvalue weighted by Crippen LogP contribution is -2.32. The molecule has 0 unspecified atom stereocenters. The van der Waals surface area contributed by atoms with Crippen molar-refractivity contribution in [3.63, 3.8) is 0 Å². The maximum absolute atomic E-state index is 13.5. The molecular formula is C25H19N3O3S. The van der Waals surface area contributed by atoms with Gasteiger partial charge in [-0.1, -0.05) is 59.9 Å². The molecule has 1 aliphatic heterocycles. The molecule has 158 valence electrons. The molecule has 0 aliphatic carbocycles. The molecule has 0 saturated carbocycles. The van der Waals surface area contributed by atoms with Crippen molar-refractivity contribution in [3.05, 3.63) is 89.6 Å². The summed E-state index contributed by atoms with van der Waals surface area (Å²) in [6.07, 6.45) is 1.69. The number of ether oxygens (including phenoxy) is 1. The minimum absolute atomic E-state index is 0.0522. The number of thiazole rings is 1. The Labute approximate surface area is 188 Å². The third-order valence-corrected chi connectivity index (χ3v) is 5.97. The number of phenolic OH excluding ortho intramolecular Hbond substituents is 1. The first-order chi connectivity index (χ1) is 15.6. The van der Waals surface area contributed by atoms with E-state index in [0.29, 0.717) is 28.9 Å². The van der Waals surface area contributed by atoms with Crippen LogP contribution in [-0.2, 0) is 4.79 Å². The number of anilines is 1. The standard InChI is InChI=1S/C25H19N3O3S/c1-2-31-21-15-16(12-13-20(21)29)14-19-24(30)28(23(26-19)17-8-4-3-5-9-17)25-27-18-10-6-7-11-22(18)32-25/h3-15,29H,2H2,1H3/b19-14-. The van der Waals surface area contributed by atoms with Crippen LogP contribution in [-0.4, -0.2) is 28.4 Å². The molecule has 0 saturated heterocycles. The molecule has 32 heavy (non-hydrogen) atoms. The van der Waals surface area contributed by atoms with Gasteiger partial charge in [-0.15, -0.1) is 0 Å². The third kappa shape index (κ3) is 3.63. The van der Waals surface area contributed by atoms with Crippen LogP contribution in [0.4, 0.5) is 5.13 Å². The maximum atomic E-state index is 13.5. The molecule has 0 fully saturated rings. The molecule has 1 N–H and O–H groups in total. The fourth-order valence-corrected chi connectivity index (χ4v) is 4.45. The van der Waals surface area contributed by atoms with Crippen LogP contribution in [0.1, 0.15) is 18.1 Å². The van der Waals surface area contributed by atoms with Crippen molar-refractivity contribution in [2.45, 2.75) is 6.92 Å². The molecule has 4 aromatic rings. The van der Waals surface area contributed by atoms with Gasteiger partial charge in [-0.2, -0.15) is 0 Å². The van der Waals surface area contributed by atoms with E-state index >= 15 is 0 Å². The first kappa shape index (κ1) is 20.0. The Morgan fingerprint density at radius 3 is 2.62 bits per heavy atom. The summed E-state index contributed by atoms with van der Waals surface area (Å²) < 4.78 is 6.46. The zero-order chi connectivity index (χ0) is 22.1. The lowest BCUT2D eigenvalue weighted by Gasteiger charge is -2.14. The Balaban J connectivity index is 1.61. The number of amidine groups is 1. The number of nitrogens with zero attached hydrogens (tertiary/aromatic N) is 3. The molecule has 6 nitrogen and oxygen atoms in total. The van der Waals surface area contributed by atoms with Gasteiger partial charge < -0.3 is 9.84 Å². The maximum Gasteiger partial charge on any atom is 0.284 e. The van der Waals surface area contributed by atoms with E-state index in [9.17, 15) is 9.90 Å². The average Bonchev–Trinajstić information content (AvgIpc) is 3.37. The Hall–Kier alpha value is -3.97. The number of carbonyl (C=O) groups is 1. The summed E-state index contributed by atoms with van der Waals surface area (Å²) in [5.41, 5.74) is 2.66. The predicted octanol–water partition coefficient (Wildman–Crippen LogP) is 5.24. The molecule has 2 heterocycles. The zero-order valence-electron chi connectivity index (χ0n) is 17.2. The summed E-state index contributed by atoms with van der Waals surface area (Å²) in [6, 6.07) is 22.3. The number of phenols is 1. The number of benzene rings is 3. The number of rotatable bonds is 5. The van der Waals surface area contributed by atoms with Crippen LogP contribution in [0.15, 0.2) is 83.5 Å². The topological polar surface area (TPSA) is 75.0 Å². The highest BCUT2D eigenvalue weighted by atomic mass is 32.1. The molecule has 7 heteroatoms. The molecule has 3 aromatic carbocycles. The highest BCUT2D eigenvalue weighted by molar-refractivity contribution is 7.22. The van der Waals surface area contributed by atoms with E-state index in [1.165, 1.54) is 11.3 Å². The van der Waals surface area contributed by atoms with Crippen molar-refractivity contribution < 1.29 is 14.6 Å². The lowest BCUT2D eigenvalue weighted by molar-refractivity contribution is -0.113. The fraction of sp³-hybridized carbons (Fsp3) is 0.0800. The summed E-state index contributed by atoms with van der Waals surface area (Å²) in [5, 5.41) is 10.5. The van der Waals surface area contributed by atoms with Crippen LogP contribution in [0, 0.1) is 0 Å². The zero-order valence-corrected chi connectivity index (χ0v) is 18.0. The molecular weight excluding hydrogens is 422 g/mol. The van der Waals surface area contributed by atoms with Gasteiger partial charge in [0.1, 0.15) is 11.5 Å². The van der Waals surface area contributed by atoms with E-state index in [1.54, 1.807) is 29.2 Å². The van der Waals surface area contributed by atoms with Crippen LogP contribution in [0.3, 0.4) is 0 Å². The molecule has 1 amide bonds. The van der Waals surface area contributed by atoms with Gasteiger partial charge >= 0.3 is 0 Å². The molecule has 0 spiro atoms. The third-order valence-electron chi connectivity index (χ3n) is 4.95. The number of hydrogen-bond acceptors (Lipinski definition) is 6. The fourth-order valence-electron chi connectivity index (χ4n) is 3.48. The quantitative estimate of drug-likeness (QED) is 0.430. The largest absolute Gasteiger partial charge is 0.504 e. The van der Waals surface area contributed by atoms with Gasteiger partial charge in [0, 0.05) is 5.56 Å². The summed E-state index contributed by atoms with van der Waals surface area (Å²) in [4.78, 5) is 24.4. The van der Waals surface area contributed by atoms with Crippen molar-refractivity contribution in [2.24, 2.45) is 4.99 Å². The Kier molecular flexibility index (Phi) is 5.17. The second-order valence-corrected chi connectivity index (χ2v) is 8.11. The van der Waals surface area contributed by atoms with E-state index in [-0.39, 0.29) is 17.4 Å². The first-order valence-corrected chi connectivity index (χ1v) is 11.0. The van der Waals surface area contributed by atoms with Crippen molar-refractivity contribution in [1.29, 1.82) is 0 Å². The highest BCUT2D eigenvalue weighted by Crippen LogP contribution is 2.34. The van der Waals surface area contributed by atoms with Crippen LogP contribution >= 0.6 is 11.3 Å². The van der Waals surface area contributed by atoms with Crippen molar-refractivity contribution in [1.82, 2.24) is 4.98 Å². The number of aromatic hydroxyl groups is 1. The molecule has 0 atom stereocenters. The van der Waals surface area contributed by atoms with E-state index in [4.69, 9.17) is 4.74 Å². The number of fused-ring (bicyclic) bond motifs is 1. The van der Waals surface area contributed by atoms with Crippen molar-refractivity contribution in [3.8, 4) is 11.5 Å². The monoisotopic (exact) mass is 441 g/mol. The number of para-hydroxylation sites is 1. The second kappa shape index (κ2) is 8.28. The predicted molar refractivity (Wildman–Crippen MR) is 127 cm³/mol. The number of aromatic nitrogens is 1. The van der Waals surface area contributed by atoms with Gasteiger partial charge in [0.15, 0.2) is 16.6 Å². The minimum Gasteiger partial charge on any atom is -0.504 e. The SMILES string of the molecule is CCOc1cc(/C=C2\N=C(c3ccccc3)N(c3nc4ccccc4s3)C2=O)ccc1O. The number of amides is 1. The molecule has 5 rings (SSSR count). The Morgan fingerprint density at radius 2 is 1.84 bits per heavy atom. The van der Waals surface area contributed by atoms with Gasteiger partial charge in [0.05, 0.1) is 16.8 Å². The van der Waals surface area contributed by atoms with E-state index < -0.39 is 0 Å². The van der Waals surface area contributed by atoms with Crippen LogP contribution in [0.5, 0.6) is 11.5 Å². The smallest absolute Gasteiger partial charge is 0.284 e. The summed E-state index contributed by atoms with van der Waals surface area (Å²) in [6.45, 7) is 2.27. The number of hydrogen-bond donors (Lipinski definition) is 1. The van der Waals surface area contributed by atoms with Crippen LogP contribution in [0.25, 0.3) is 16.3 Å². The van der Waals surface area contributed by atoms with Crippen LogP contribution in [0.2, 0.25) is 0 Å². The van der Waals surface area contributed by atoms with Crippen molar-refractivity contribution in [2.75, 3.05) is 11.5 Å². The Bertz CT molecular complexity index is 1340. The molecule has 1 aliphatic rings. The Morgan fingerprint density at radius 1 is 1.06 bits per heavy atom. The van der Waals surface area contributed by atoms with Crippen molar-refractivity contribution >= 4 is 44.5 Å². The molecule has 1 aromatic heterocycles.